The maximum absolute atomic E-state index is 8.16. The lowest BCUT2D eigenvalue weighted by atomic mass is 10.0. The number of rotatable bonds is 5. The van der Waals surface area contributed by atoms with Crippen molar-refractivity contribution in [2.24, 2.45) is 4.99 Å². The predicted octanol–water partition coefficient (Wildman–Crippen LogP) is 3.91. The summed E-state index contributed by atoms with van der Waals surface area (Å²) in [4.78, 5) is 6.35. The number of aryl methyl sites for hydroxylation is 3. The molecule has 0 saturated carbocycles. The van der Waals surface area contributed by atoms with Gasteiger partial charge in [0.25, 0.3) is 0 Å². The van der Waals surface area contributed by atoms with Gasteiger partial charge in [-0.25, -0.2) is 0 Å². The zero-order valence-electron chi connectivity index (χ0n) is 17.0. The minimum atomic E-state index is 0.145. The minimum absolute atomic E-state index is 0.145. The quantitative estimate of drug-likeness (QED) is 0.432. The summed E-state index contributed by atoms with van der Waals surface area (Å²) in [5.74, 6) is 1.88. The maximum Gasteiger partial charge on any atom is 0.414 e. The van der Waals surface area contributed by atoms with Crippen molar-refractivity contribution < 1.29 is 4.74 Å². The van der Waals surface area contributed by atoms with Crippen LogP contribution >= 0.6 is 11.8 Å². The molecule has 152 valence electrons. The molecule has 0 bridgehead atoms. The van der Waals surface area contributed by atoms with E-state index in [9.17, 15) is 0 Å². The number of hydrogen-bond acceptors (Lipinski definition) is 4. The van der Waals surface area contributed by atoms with Gasteiger partial charge in [-0.1, -0.05) is 47.7 Å². The zero-order chi connectivity index (χ0) is 21.0. The zero-order valence-corrected chi connectivity index (χ0v) is 18.8. The van der Waals surface area contributed by atoms with Gasteiger partial charge in [0.2, 0.25) is 0 Å². The Bertz CT molecular complexity index is 954. The van der Waals surface area contributed by atoms with E-state index >= 15 is 0 Å². The number of thioether (sulfide) groups is 1. The molecule has 7 heteroatoms. The van der Waals surface area contributed by atoms with Crippen LogP contribution in [0.2, 0.25) is 0 Å². The van der Waals surface area contributed by atoms with Crippen LogP contribution in [0, 0.1) is 31.6 Å². The van der Waals surface area contributed by atoms with Gasteiger partial charge in [-0.05, 0) is 49.9 Å². The molecule has 2 aromatic rings. The van der Waals surface area contributed by atoms with Gasteiger partial charge in [0, 0.05) is 24.4 Å². The van der Waals surface area contributed by atoms with E-state index < -0.39 is 0 Å². The van der Waals surface area contributed by atoms with Crippen molar-refractivity contribution >= 4 is 40.6 Å². The first-order valence-corrected chi connectivity index (χ1v) is 11.0. The monoisotopic (exact) mass is 427 g/mol. The molecule has 2 N–H and O–H groups in total. The van der Waals surface area contributed by atoms with Gasteiger partial charge < -0.3 is 9.64 Å². The molecule has 1 aliphatic heterocycles. The standard InChI is InChI=1S/C22H26N4OS2/c1-14-4-6-17(7-5-14)20(23)25-22(28)27-19-13-15(2)18(12-16(19)3)8-9-26-10-11-29-21(26)24/h4-7,12-13,24H,8-11H2,1-3H3,(H2,23,25,28)/p+1. The Hall–Kier alpha value is -2.25. The number of nitrogens with one attached hydrogen (secondary N) is 2. The van der Waals surface area contributed by atoms with Gasteiger partial charge in [0.1, 0.15) is 5.75 Å². The lowest BCUT2D eigenvalue weighted by Crippen LogP contribution is -2.26. The van der Waals surface area contributed by atoms with Crippen molar-refractivity contribution in [1.29, 1.82) is 10.8 Å². The van der Waals surface area contributed by atoms with Gasteiger partial charge in [-0.15, -0.1) is 4.99 Å². The van der Waals surface area contributed by atoms with Gasteiger partial charge in [-0.2, -0.15) is 0 Å². The molecular weight excluding hydrogens is 400 g/mol. The molecule has 1 aliphatic rings. The number of aliphatic imine (C=N–C) groups is 1. The normalized spacial score (nSPS) is 14.4. The SMILES string of the molecule is Cc1ccc(C(=N)N=C([SH2+])Oc2cc(C)c(CCN3CCSC3=N)cc2C)cc1. The van der Waals surface area contributed by atoms with Crippen molar-refractivity contribution in [1.82, 2.24) is 4.90 Å². The van der Waals surface area contributed by atoms with Crippen LogP contribution < -0.4 is 4.74 Å². The highest BCUT2D eigenvalue weighted by atomic mass is 32.2. The summed E-state index contributed by atoms with van der Waals surface area (Å²) >= 11 is 5.01. The second-order valence-corrected chi connectivity index (χ2v) is 8.68. The number of ether oxygens (including phenoxy) is 1. The predicted molar refractivity (Wildman–Crippen MR) is 128 cm³/mol. The third kappa shape index (κ3) is 5.64. The Kier molecular flexibility index (Phi) is 7.03. The Morgan fingerprint density at radius 1 is 1.17 bits per heavy atom. The average Bonchev–Trinajstić information content (AvgIpc) is 3.08. The molecule has 0 aliphatic carbocycles. The van der Waals surface area contributed by atoms with Crippen LogP contribution in [0.1, 0.15) is 27.8 Å². The summed E-state index contributed by atoms with van der Waals surface area (Å²) in [6.07, 6.45) is 0.906. The maximum atomic E-state index is 8.16. The van der Waals surface area contributed by atoms with Crippen molar-refractivity contribution in [2.75, 3.05) is 18.8 Å². The van der Waals surface area contributed by atoms with Crippen LogP contribution in [-0.2, 0) is 19.0 Å². The Balaban J connectivity index is 1.67. The van der Waals surface area contributed by atoms with E-state index in [1.165, 1.54) is 5.56 Å². The summed E-state index contributed by atoms with van der Waals surface area (Å²) in [6.45, 7) is 7.92. The number of nitrogens with zero attached hydrogens (tertiary/aromatic N) is 2. The Labute approximate surface area is 182 Å². The smallest absolute Gasteiger partial charge is 0.402 e. The largest absolute Gasteiger partial charge is 0.414 e. The molecule has 29 heavy (non-hydrogen) atoms. The van der Waals surface area contributed by atoms with Crippen LogP contribution in [0.15, 0.2) is 41.4 Å². The van der Waals surface area contributed by atoms with Crippen molar-refractivity contribution in [3.63, 3.8) is 0 Å². The van der Waals surface area contributed by atoms with Crippen LogP contribution in [0.3, 0.4) is 0 Å². The van der Waals surface area contributed by atoms with Crippen molar-refractivity contribution in [2.45, 2.75) is 27.2 Å². The summed E-state index contributed by atoms with van der Waals surface area (Å²) < 4.78 is 5.87. The molecule has 0 unspecified atom stereocenters. The van der Waals surface area contributed by atoms with Crippen LogP contribution in [0.25, 0.3) is 0 Å². The number of amidine groups is 2. The first-order chi connectivity index (χ1) is 13.8. The summed E-state index contributed by atoms with van der Waals surface area (Å²) in [5.41, 5.74) is 5.32. The molecule has 1 fully saturated rings. The van der Waals surface area contributed by atoms with E-state index in [2.05, 4.69) is 35.5 Å². The lowest BCUT2D eigenvalue weighted by Gasteiger charge is -2.18. The van der Waals surface area contributed by atoms with Gasteiger partial charge in [0.15, 0.2) is 11.0 Å². The fourth-order valence-corrected chi connectivity index (χ4v) is 4.24. The van der Waals surface area contributed by atoms with E-state index in [-0.39, 0.29) is 11.1 Å². The number of benzene rings is 2. The molecule has 0 radical (unpaired) electrons. The van der Waals surface area contributed by atoms with E-state index in [0.29, 0.717) is 5.17 Å². The first kappa shape index (κ1) is 21.5. The average molecular weight is 428 g/mol. The highest BCUT2D eigenvalue weighted by Gasteiger charge is 2.18. The minimum Gasteiger partial charge on any atom is -0.402 e. The topological polar surface area (TPSA) is 72.5 Å². The Morgan fingerprint density at radius 3 is 2.55 bits per heavy atom. The fraction of sp³-hybridized carbons (Fsp3) is 0.318. The second kappa shape index (κ2) is 9.50. The number of hydrogen-bond donors (Lipinski definition) is 2. The summed E-state index contributed by atoms with van der Waals surface area (Å²) in [6, 6.07) is 11.8. The first-order valence-electron chi connectivity index (χ1n) is 9.53. The van der Waals surface area contributed by atoms with E-state index in [4.69, 9.17) is 15.6 Å². The third-order valence-electron chi connectivity index (χ3n) is 4.92. The lowest BCUT2D eigenvalue weighted by molar-refractivity contribution is 0.463. The molecule has 0 amide bonds. The molecule has 1 saturated heterocycles. The Morgan fingerprint density at radius 2 is 1.90 bits per heavy atom. The van der Waals surface area contributed by atoms with Gasteiger partial charge in [-0.3, -0.25) is 10.8 Å². The third-order valence-corrected chi connectivity index (χ3v) is 6.05. The van der Waals surface area contributed by atoms with E-state index in [1.54, 1.807) is 11.8 Å². The second-order valence-electron chi connectivity index (χ2n) is 7.17. The van der Waals surface area contributed by atoms with Crippen LogP contribution in [0.4, 0.5) is 0 Å². The van der Waals surface area contributed by atoms with Crippen LogP contribution in [0.5, 0.6) is 5.75 Å². The molecule has 5 nitrogen and oxygen atoms in total. The van der Waals surface area contributed by atoms with E-state index in [1.807, 2.05) is 44.2 Å². The van der Waals surface area contributed by atoms with Crippen molar-refractivity contribution in [3.8, 4) is 5.75 Å². The molecule has 2 aromatic carbocycles. The van der Waals surface area contributed by atoms with Crippen molar-refractivity contribution in [3.05, 3.63) is 64.2 Å². The fourth-order valence-electron chi connectivity index (χ4n) is 3.15. The molecule has 0 spiro atoms. The molecule has 0 aromatic heterocycles. The molecule has 0 atom stereocenters. The highest BCUT2D eigenvalue weighted by molar-refractivity contribution is 8.14. The van der Waals surface area contributed by atoms with Gasteiger partial charge >= 0.3 is 5.23 Å². The van der Waals surface area contributed by atoms with E-state index in [0.717, 1.165) is 53.3 Å². The summed E-state index contributed by atoms with van der Waals surface area (Å²) in [7, 11) is 0. The van der Waals surface area contributed by atoms with Gasteiger partial charge in [0.05, 0.1) is 12.6 Å². The summed E-state index contributed by atoms with van der Waals surface area (Å²) in [5, 5.41) is 17.0. The van der Waals surface area contributed by atoms with Crippen LogP contribution in [-0.4, -0.2) is 40.0 Å². The molecule has 1 heterocycles. The molecular formula is C22H27N4OS2+. The molecule has 3 rings (SSSR count). The highest BCUT2D eigenvalue weighted by Crippen LogP contribution is 2.25.